The Balaban J connectivity index is 0. The molecule has 0 atom stereocenters. The maximum absolute atomic E-state index is 9.45. The maximum atomic E-state index is 9.45. The first-order chi connectivity index (χ1) is 6.87. The smallest absolute Gasteiger partial charge is 0.217 e. The summed E-state index contributed by atoms with van der Waals surface area (Å²) < 4.78 is 32.0. The van der Waals surface area contributed by atoms with E-state index in [4.69, 9.17) is 0 Å². The molecule has 0 saturated carbocycles. The fourth-order valence-corrected chi connectivity index (χ4v) is 1.00. The zero-order valence-corrected chi connectivity index (χ0v) is 9.83. The van der Waals surface area contributed by atoms with Crippen molar-refractivity contribution >= 4 is 10.4 Å². The second-order valence-electron chi connectivity index (χ2n) is 2.73. The van der Waals surface area contributed by atoms with Crippen LogP contribution in [0.15, 0.2) is 25.3 Å². The van der Waals surface area contributed by atoms with E-state index in [9.17, 15) is 13.0 Å². The molecule has 0 aromatic carbocycles. The molecule has 3 N–H and O–H groups in total. The van der Waals surface area contributed by atoms with Crippen LogP contribution in [-0.2, 0) is 14.6 Å². The van der Waals surface area contributed by atoms with Crippen molar-refractivity contribution < 1.29 is 22.9 Å². The standard InChI is InChI=1S/C7H13N.C2H6O4S/c1-3-5-7(8)6-4-2;1-2-6-7(3,4)5/h3-4,7H,1-2,5-6,8H2;2H2,1H3,(H,3,4,5). The zero-order valence-electron chi connectivity index (χ0n) is 9.02. The molecule has 0 amide bonds. The van der Waals surface area contributed by atoms with Crippen LogP contribution in [0.1, 0.15) is 19.8 Å². The molecule has 0 spiro atoms. The molecule has 0 aromatic heterocycles. The maximum Gasteiger partial charge on any atom is 0.217 e. The molecule has 0 rings (SSSR count). The van der Waals surface area contributed by atoms with E-state index in [0.717, 1.165) is 12.8 Å². The minimum absolute atomic E-state index is 0.0914. The highest BCUT2D eigenvalue weighted by Gasteiger charge is 1.96. The molecule has 0 saturated heterocycles. The normalized spacial score (nSPS) is 10.4. The first-order valence-corrected chi connectivity index (χ1v) is 5.85. The summed E-state index contributed by atoms with van der Waals surface area (Å²) in [5.74, 6) is 0. The van der Waals surface area contributed by atoms with Gasteiger partial charge in [0, 0.05) is 12.8 Å². The lowest BCUT2D eigenvalue weighted by Crippen LogP contribution is -2.60. The van der Waals surface area contributed by atoms with E-state index in [1.54, 1.807) is 0 Å². The average Bonchev–Trinajstić information content (AvgIpc) is 2.03. The van der Waals surface area contributed by atoms with Crippen molar-refractivity contribution in [2.75, 3.05) is 6.61 Å². The molecule has 0 aromatic rings. The van der Waals surface area contributed by atoms with E-state index < -0.39 is 10.4 Å². The molecule has 5 nitrogen and oxygen atoms in total. The van der Waals surface area contributed by atoms with Gasteiger partial charge in [-0.25, -0.2) is 8.42 Å². The van der Waals surface area contributed by atoms with Gasteiger partial charge in [-0.2, -0.15) is 0 Å². The van der Waals surface area contributed by atoms with Crippen LogP contribution in [0.2, 0.25) is 0 Å². The first kappa shape index (κ1) is 16.7. The predicted molar refractivity (Wildman–Crippen MR) is 57.6 cm³/mol. The second-order valence-corrected chi connectivity index (χ2v) is 3.78. The number of rotatable bonds is 6. The Bertz CT molecular complexity index is 251. The highest BCUT2D eigenvalue weighted by Crippen LogP contribution is 1.91. The van der Waals surface area contributed by atoms with Crippen LogP contribution in [0, 0.1) is 0 Å². The van der Waals surface area contributed by atoms with Gasteiger partial charge in [0.05, 0.1) is 12.6 Å². The van der Waals surface area contributed by atoms with Crippen LogP contribution in [0.5, 0.6) is 0 Å². The lowest BCUT2D eigenvalue weighted by atomic mass is 10.1. The van der Waals surface area contributed by atoms with E-state index >= 15 is 0 Å². The molecule has 6 heteroatoms. The molecule has 0 bridgehead atoms. The van der Waals surface area contributed by atoms with E-state index in [1.807, 2.05) is 12.2 Å². The summed E-state index contributed by atoms with van der Waals surface area (Å²) in [6.07, 6.45) is 5.76. The fraction of sp³-hybridized carbons (Fsp3) is 0.556. The van der Waals surface area contributed by atoms with Gasteiger partial charge in [0.25, 0.3) is 0 Å². The molecule has 0 heterocycles. The predicted octanol–water partition coefficient (Wildman–Crippen LogP) is 0.232. The summed E-state index contributed by atoms with van der Waals surface area (Å²) in [7, 11) is -4.42. The minimum atomic E-state index is -4.42. The van der Waals surface area contributed by atoms with Gasteiger partial charge in [0.1, 0.15) is 0 Å². The van der Waals surface area contributed by atoms with Gasteiger partial charge >= 0.3 is 0 Å². The first-order valence-electron chi connectivity index (χ1n) is 4.52. The van der Waals surface area contributed by atoms with Gasteiger partial charge < -0.3 is 10.3 Å². The molecule has 0 aliphatic heterocycles. The van der Waals surface area contributed by atoms with Crippen LogP contribution >= 0.6 is 0 Å². The van der Waals surface area contributed by atoms with Gasteiger partial charge in [-0.1, -0.05) is 12.2 Å². The molecular weight excluding hydrogens is 218 g/mol. The summed E-state index contributed by atoms with van der Waals surface area (Å²) in [4.78, 5) is 0. The van der Waals surface area contributed by atoms with E-state index in [-0.39, 0.29) is 6.61 Å². The van der Waals surface area contributed by atoms with Crippen molar-refractivity contribution in [1.29, 1.82) is 0 Å². The Kier molecular flexibility index (Phi) is 11.0. The van der Waals surface area contributed by atoms with E-state index in [2.05, 4.69) is 23.1 Å². The van der Waals surface area contributed by atoms with Crippen molar-refractivity contribution in [3.63, 3.8) is 0 Å². The Hall–Kier alpha value is -0.690. The summed E-state index contributed by atoms with van der Waals surface area (Å²) in [6, 6.07) is 0.477. The Morgan fingerprint density at radius 2 is 1.80 bits per heavy atom. The Morgan fingerprint density at radius 3 is 1.93 bits per heavy atom. The monoisotopic (exact) mass is 237 g/mol. The quantitative estimate of drug-likeness (QED) is 0.406. The van der Waals surface area contributed by atoms with Gasteiger partial charge in [-0.15, -0.1) is 13.2 Å². The Morgan fingerprint density at radius 1 is 1.40 bits per heavy atom. The van der Waals surface area contributed by atoms with Gasteiger partial charge in [0.15, 0.2) is 0 Å². The molecule has 0 aliphatic rings. The molecule has 15 heavy (non-hydrogen) atoms. The van der Waals surface area contributed by atoms with Crippen molar-refractivity contribution in [1.82, 2.24) is 0 Å². The van der Waals surface area contributed by atoms with Crippen molar-refractivity contribution in [3.05, 3.63) is 25.3 Å². The molecule has 90 valence electrons. The highest BCUT2D eigenvalue weighted by atomic mass is 32.3. The minimum Gasteiger partial charge on any atom is -0.726 e. The van der Waals surface area contributed by atoms with Gasteiger partial charge in [-0.3, -0.25) is 4.18 Å². The topological polar surface area (TPSA) is 94.1 Å². The van der Waals surface area contributed by atoms with E-state index in [0.29, 0.717) is 6.04 Å². The number of hydrogen-bond acceptors (Lipinski definition) is 4. The fourth-order valence-electron chi connectivity index (χ4n) is 0.712. The SMILES string of the molecule is C=CCC([NH3+])CC=C.CCOS(=O)(=O)[O-]. The van der Waals surface area contributed by atoms with Crippen molar-refractivity contribution in [2.24, 2.45) is 0 Å². The average molecular weight is 237 g/mol. The van der Waals surface area contributed by atoms with Gasteiger partial charge in [0.2, 0.25) is 10.4 Å². The molecule has 0 radical (unpaired) electrons. The molecule has 0 fully saturated rings. The third kappa shape index (κ3) is 19.6. The second kappa shape index (κ2) is 9.85. The van der Waals surface area contributed by atoms with Crippen molar-refractivity contribution in [3.8, 4) is 0 Å². The third-order valence-electron chi connectivity index (χ3n) is 1.26. The van der Waals surface area contributed by atoms with Crippen molar-refractivity contribution in [2.45, 2.75) is 25.8 Å². The number of quaternary nitrogens is 1. The van der Waals surface area contributed by atoms with Crippen LogP contribution in [-0.4, -0.2) is 25.6 Å². The van der Waals surface area contributed by atoms with Crippen LogP contribution < -0.4 is 5.73 Å². The largest absolute Gasteiger partial charge is 0.726 e. The summed E-state index contributed by atoms with van der Waals surface area (Å²) in [5.41, 5.74) is 3.88. The van der Waals surface area contributed by atoms with Crippen LogP contribution in [0.25, 0.3) is 0 Å². The van der Waals surface area contributed by atoms with Gasteiger partial charge in [-0.05, 0) is 6.92 Å². The summed E-state index contributed by atoms with van der Waals surface area (Å²) in [5, 5.41) is 0. The Labute approximate surface area is 91.6 Å². The zero-order chi connectivity index (χ0) is 12.3. The lowest BCUT2D eigenvalue weighted by molar-refractivity contribution is -0.417. The molecule has 0 aliphatic carbocycles. The van der Waals surface area contributed by atoms with E-state index in [1.165, 1.54) is 6.92 Å². The van der Waals surface area contributed by atoms with Crippen LogP contribution in [0.4, 0.5) is 0 Å². The highest BCUT2D eigenvalue weighted by molar-refractivity contribution is 7.80. The third-order valence-corrected chi connectivity index (χ3v) is 1.79. The molecule has 0 unspecified atom stereocenters. The summed E-state index contributed by atoms with van der Waals surface area (Å²) in [6.45, 7) is 8.55. The summed E-state index contributed by atoms with van der Waals surface area (Å²) >= 11 is 0. The molecular formula is C9H19NO4S. The lowest BCUT2D eigenvalue weighted by Gasteiger charge is -2.02. The van der Waals surface area contributed by atoms with Crippen LogP contribution in [0.3, 0.4) is 0 Å². The number of hydrogen-bond donors (Lipinski definition) is 1.